The van der Waals surface area contributed by atoms with Crippen LogP contribution < -0.4 is 11.1 Å². The average Bonchev–Trinajstić information content (AvgIpc) is 2.27. The minimum absolute atomic E-state index is 0.380. The van der Waals surface area contributed by atoms with E-state index in [1.165, 1.54) is 24.8 Å². The van der Waals surface area contributed by atoms with Crippen molar-refractivity contribution in [3.63, 3.8) is 0 Å². The molecule has 1 aliphatic carbocycles. The molecule has 88 valence electrons. The van der Waals surface area contributed by atoms with Gasteiger partial charge in [0.05, 0.1) is 0 Å². The van der Waals surface area contributed by atoms with Gasteiger partial charge < -0.3 is 11.1 Å². The van der Waals surface area contributed by atoms with E-state index < -0.39 is 0 Å². The summed E-state index contributed by atoms with van der Waals surface area (Å²) in [5.41, 5.74) is 7.20. The van der Waals surface area contributed by atoms with Crippen molar-refractivity contribution < 1.29 is 0 Å². The Labute approximate surface area is 102 Å². The molecule has 1 saturated carbocycles. The zero-order chi connectivity index (χ0) is 11.4. The Kier molecular flexibility index (Phi) is 4.22. The monoisotopic (exact) mass is 238 g/mol. The number of halogens is 1. The summed E-state index contributed by atoms with van der Waals surface area (Å²) < 4.78 is 0. The largest absolute Gasteiger partial charge is 0.328 e. The molecule has 3 N–H and O–H groups in total. The number of hydrogen-bond donors (Lipinski definition) is 2. The van der Waals surface area contributed by atoms with Crippen LogP contribution in [0.5, 0.6) is 0 Å². The average molecular weight is 239 g/mol. The highest BCUT2D eigenvalue weighted by Crippen LogP contribution is 2.18. The van der Waals surface area contributed by atoms with Crippen LogP contribution in [0, 0.1) is 0 Å². The molecule has 0 spiro atoms. The molecule has 1 fully saturated rings. The topological polar surface area (TPSA) is 38.0 Å². The summed E-state index contributed by atoms with van der Waals surface area (Å²) in [4.78, 5) is 0. The third kappa shape index (κ3) is 3.48. The molecule has 2 atom stereocenters. The number of nitrogens with one attached hydrogen (secondary N) is 1. The van der Waals surface area contributed by atoms with Crippen LogP contribution in [0.3, 0.4) is 0 Å². The fraction of sp³-hybridized carbons (Fsp3) is 0.538. The van der Waals surface area contributed by atoms with E-state index in [9.17, 15) is 0 Å². The van der Waals surface area contributed by atoms with Crippen molar-refractivity contribution in [3.8, 4) is 0 Å². The van der Waals surface area contributed by atoms with E-state index in [4.69, 9.17) is 17.3 Å². The van der Waals surface area contributed by atoms with Crippen molar-refractivity contribution in [3.05, 3.63) is 34.9 Å². The molecule has 16 heavy (non-hydrogen) atoms. The summed E-state index contributed by atoms with van der Waals surface area (Å²) in [5.74, 6) is 0. The van der Waals surface area contributed by atoms with Gasteiger partial charge in [0.1, 0.15) is 0 Å². The highest BCUT2D eigenvalue weighted by Gasteiger charge is 2.18. The van der Waals surface area contributed by atoms with Crippen LogP contribution in [0.2, 0.25) is 5.02 Å². The molecule has 0 amide bonds. The van der Waals surface area contributed by atoms with Gasteiger partial charge in [-0.1, -0.05) is 30.2 Å². The molecular formula is C13H19ClN2. The Hall–Kier alpha value is -0.570. The van der Waals surface area contributed by atoms with Crippen molar-refractivity contribution in [2.24, 2.45) is 5.73 Å². The first-order valence-corrected chi connectivity index (χ1v) is 6.35. The maximum Gasteiger partial charge on any atom is 0.0409 e. The summed E-state index contributed by atoms with van der Waals surface area (Å²) in [6.45, 7) is 0.887. The van der Waals surface area contributed by atoms with Crippen LogP contribution in [-0.2, 0) is 6.54 Å². The summed E-state index contributed by atoms with van der Waals surface area (Å²) in [6.07, 6.45) is 4.76. The van der Waals surface area contributed by atoms with Crippen LogP contribution in [0.25, 0.3) is 0 Å². The zero-order valence-corrected chi connectivity index (χ0v) is 10.2. The first kappa shape index (κ1) is 11.9. The fourth-order valence-corrected chi connectivity index (χ4v) is 2.53. The quantitative estimate of drug-likeness (QED) is 0.850. The molecule has 0 aliphatic heterocycles. The molecule has 0 heterocycles. The van der Waals surface area contributed by atoms with E-state index in [1.807, 2.05) is 18.2 Å². The number of rotatable bonds is 3. The molecule has 1 aromatic carbocycles. The Morgan fingerprint density at radius 1 is 1.38 bits per heavy atom. The van der Waals surface area contributed by atoms with Gasteiger partial charge in [-0.2, -0.15) is 0 Å². The summed E-state index contributed by atoms with van der Waals surface area (Å²) in [5, 5.41) is 4.36. The van der Waals surface area contributed by atoms with Crippen molar-refractivity contribution in [2.45, 2.75) is 44.3 Å². The van der Waals surface area contributed by atoms with E-state index in [0.29, 0.717) is 12.1 Å². The van der Waals surface area contributed by atoms with Gasteiger partial charge in [-0.15, -0.1) is 0 Å². The van der Waals surface area contributed by atoms with Gasteiger partial charge in [-0.3, -0.25) is 0 Å². The first-order chi connectivity index (χ1) is 7.74. The standard InChI is InChI=1S/C13H19ClN2/c14-11-4-1-3-10(7-11)9-16-13-6-2-5-12(15)8-13/h1,3-4,7,12-13,16H,2,5-6,8-9,15H2. The Balaban J connectivity index is 1.82. The molecule has 3 heteroatoms. The molecule has 1 aromatic rings. The minimum Gasteiger partial charge on any atom is -0.328 e. The highest BCUT2D eigenvalue weighted by molar-refractivity contribution is 6.30. The van der Waals surface area contributed by atoms with Gasteiger partial charge >= 0.3 is 0 Å². The predicted octanol–water partition coefficient (Wildman–Crippen LogP) is 2.70. The smallest absolute Gasteiger partial charge is 0.0409 e. The zero-order valence-electron chi connectivity index (χ0n) is 9.45. The van der Waals surface area contributed by atoms with Crippen molar-refractivity contribution in [1.82, 2.24) is 5.32 Å². The summed E-state index contributed by atoms with van der Waals surface area (Å²) in [6, 6.07) is 8.96. The molecule has 0 saturated heterocycles. The normalized spacial score (nSPS) is 25.6. The number of hydrogen-bond acceptors (Lipinski definition) is 2. The third-order valence-electron chi connectivity index (χ3n) is 3.20. The van der Waals surface area contributed by atoms with Crippen LogP contribution in [0.4, 0.5) is 0 Å². The van der Waals surface area contributed by atoms with Gasteiger partial charge in [-0.05, 0) is 37.0 Å². The number of benzene rings is 1. The van der Waals surface area contributed by atoms with Crippen LogP contribution in [0.15, 0.2) is 24.3 Å². The maximum absolute atomic E-state index is 5.96. The lowest BCUT2D eigenvalue weighted by atomic mass is 9.91. The lowest BCUT2D eigenvalue weighted by Gasteiger charge is -2.27. The van der Waals surface area contributed by atoms with E-state index >= 15 is 0 Å². The Bertz CT molecular complexity index is 340. The second kappa shape index (κ2) is 5.67. The summed E-state index contributed by atoms with van der Waals surface area (Å²) in [7, 11) is 0. The second-order valence-electron chi connectivity index (χ2n) is 4.63. The lowest BCUT2D eigenvalue weighted by Crippen LogP contribution is -2.39. The Morgan fingerprint density at radius 2 is 2.25 bits per heavy atom. The van der Waals surface area contributed by atoms with E-state index in [0.717, 1.165) is 18.0 Å². The molecule has 0 aromatic heterocycles. The Morgan fingerprint density at radius 3 is 3.00 bits per heavy atom. The fourth-order valence-electron chi connectivity index (χ4n) is 2.32. The van der Waals surface area contributed by atoms with E-state index in [-0.39, 0.29) is 0 Å². The molecule has 0 radical (unpaired) electrons. The van der Waals surface area contributed by atoms with Gasteiger partial charge in [0.2, 0.25) is 0 Å². The third-order valence-corrected chi connectivity index (χ3v) is 3.43. The lowest BCUT2D eigenvalue weighted by molar-refractivity contribution is 0.338. The number of nitrogens with two attached hydrogens (primary N) is 1. The highest BCUT2D eigenvalue weighted by atomic mass is 35.5. The van der Waals surface area contributed by atoms with Crippen molar-refractivity contribution in [1.29, 1.82) is 0 Å². The van der Waals surface area contributed by atoms with E-state index in [2.05, 4.69) is 11.4 Å². The molecule has 0 bridgehead atoms. The van der Waals surface area contributed by atoms with Gasteiger partial charge in [0.25, 0.3) is 0 Å². The van der Waals surface area contributed by atoms with Gasteiger partial charge in [0, 0.05) is 23.7 Å². The molecule has 1 aliphatic rings. The predicted molar refractivity (Wildman–Crippen MR) is 68.5 cm³/mol. The molecule has 2 nitrogen and oxygen atoms in total. The van der Waals surface area contributed by atoms with Crippen molar-refractivity contribution in [2.75, 3.05) is 0 Å². The van der Waals surface area contributed by atoms with Crippen LogP contribution >= 0.6 is 11.6 Å². The van der Waals surface area contributed by atoms with Gasteiger partial charge in [-0.25, -0.2) is 0 Å². The molecule has 2 unspecified atom stereocenters. The molecular weight excluding hydrogens is 220 g/mol. The van der Waals surface area contributed by atoms with E-state index in [1.54, 1.807) is 0 Å². The SMILES string of the molecule is NC1CCCC(NCc2cccc(Cl)c2)C1. The second-order valence-corrected chi connectivity index (χ2v) is 5.07. The van der Waals surface area contributed by atoms with Crippen molar-refractivity contribution >= 4 is 11.6 Å². The summed E-state index contributed by atoms with van der Waals surface area (Å²) >= 11 is 5.94. The van der Waals surface area contributed by atoms with Gasteiger partial charge in [0.15, 0.2) is 0 Å². The first-order valence-electron chi connectivity index (χ1n) is 5.97. The maximum atomic E-state index is 5.96. The van der Waals surface area contributed by atoms with Crippen LogP contribution in [-0.4, -0.2) is 12.1 Å². The van der Waals surface area contributed by atoms with Crippen LogP contribution in [0.1, 0.15) is 31.2 Å². The minimum atomic E-state index is 0.380. The molecule has 2 rings (SSSR count).